The van der Waals surface area contributed by atoms with E-state index in [1.807, 2.05) is 18.2 Å². The minimum absolute atomic E-state index is 0.213. The predicted molar refractivity (Wildman–Crippen MR) is 88.0 cm³/mol. The molecule has 0 saturated heterocycles. The SMILES string of the molecule is NCCCc1c(C(=O)O)[nH]c2ccc(-c3ccc(F)cc3)cc12. The predicted octanol–water partition coefficient (Wildman–Crippen LogP) is 3.56. The molecule has 0 aliphatic heterocycles. The minimum Gasteiger partial charge on any atom is -0.477 e. The largest absolute Gasteiger partial charge is 0.477 e. The van der Waals surface area contributed by atoms with Crippen molar-refractivity contribution in [2.24, 2.45) is 5.73 Å². The molecule has 0 aliphatic rings. The summed E-state index contributed by atoms with van der Waals surface area (Å²) in [6, 6.07) is 11.9. The molecule has 3 aromatic rings. The Morgan fingerprint density at radius 3 is 2.48 bits per heavy atom. The molecule has 0 unspecified atom stereocenters. The highest BCUT2D eigenvalue weighted by molar-refractivity contribution is 5.98. The molecule has 5 heteroatoms. The number of hydrogen-bond acceptors (Lipinski definition) is 2. The number of benzene rings is 2. The first-order chi connectivity index (χ1) is 11.1. The van der Waals surface area contributed by atoms with Gasteiger partial charge < -0.3 is 15.8 Å². The molecular formula is C18H17FN2O2. The van der Waals surface area contributed by atoms with Crippen molar-refractivity contribution in [3.63, 3.8) is 0 Å². The van der Waals surface area contributed by atoms with Crippen LogP contribution in [0.4, 0.5) is 4.39 Å². The Kier molecular flexibility index (Phi) is 4.12. The monoisotopic (exact) mass is 312 g/mol. The fourth-order valence-corrected chi connectivity index (χ4v) is 2.79. The van der Waals surface area contributed by atoms with Crippen LogP contribution in [0.3, 0.4) is 0 Å². The number of hydrogen-bond donors (Lipinski definition) is 3. The molecule has 0 amide bonds. The van der Waals surface area contributed by atoms with Crippen LogP contribution in [-0.2, 0) is 6.42 Å². The lowest BCUT2D eigenvalue weighted by Gasteiger charge is -2.04. The number of aromatic carboxylic acids is 1. The van der Waals surface area contributed by atoms with Crippen LogP contribution in [0.15, 0.2) is 42.5 Å². The van der Waals surface area contributed by atoms with Gasteiger partial charge in [0, 0.05) is 10.9 Å². The van der Waals surface area contributed by atoms with Crippen LogP contribution in [0, 0.1) is 5.82 Å². The maximum atomic E-state index is 13.1. The molecule has 0 aliphatic carbocycles. The highest BCUT2D eigenvalue weighted by atomic mass is 19.1. The number of carboxylic acids is 1. The first-order valence-corrected chi connectivity index (χ1v) is 7.44. The van der Waals surface area contributed by atoms with Gasteiger partial charge in [-0.05, 0) is 60.3 Å². The van der Waals surface area contributed by atoms with Crippen molar-refractivity contribution in [2.75, 3.05) is 6.54 Å². The summed E-state index contributed by atoms with van der Waals surface area (Å²) in [4.78, 5) is 14.4. The van der Waals surface area contributed by atoms with E-state index in [2.05, 4.69) is 4.98 Å². The number of fused-ring (bicyclic) bond motifs is 1. The van der Waals surface area contributed by atoms with Gasteiger partial charge in [0.15, 0.2) is 0 Å². The summed E-state index contributed by atoms with van der Waals surface area (Å²) in [5.41, 5.74) is 9.12. The molecule has 0 spiro atoms. The van der Waals surface area contributed by atoms with Crippen LogP contribution >= 0.6 is 0 Å². The summed E-state index contributed by atoms with van der Waals surface area (Å²) < 4.78 is 13.1. The molecule has 1 heterocycles. The molecule has 2 aromatic carbocycles. The topological polar surface area (TPSA) is 79.1 Å². The Morgan fingerprint density at radius 1 is 1.13 bits per heavy atom. The van der Waals surface area contributed by atoms with E-state index in [1.165, 1.54) is 12.1 Å². The molecule has 3 rings (SSSR count). The molecule has 118 valence electrons. The highest BCUT2D eigenvalue weighted by Crippen LogP contribution is 2.29. The number of aromatic nitrogens is 1. The van der Waals surface area contributed by atoms with Crippen LogP contribution in [-0.4, -0.2) is 22.6 Å². The van der Waals surface area contributed by atoms with Gasteiger partial charge in [0.1, 0.15) is 11.5 Å². The average molecular weight is 312 g/mol. The van der Waals surface area contributed by atoms with E-state index in [4.69, 9.17) is 5.73 Å². The lowest BCUT2D eigenvalue weighted by atomic mass is 10.00. The number of aromatic amines is 1. The summed E-state index contributed by atoms with van der Waals surface area (Å²) in [6.45, 7) is 0.503. The summed E-state index contributed by atoms with van der Waals surface area (Å²) in [5.74, 6) is -1.26. The Balaban J connectivity index is 2.13. The lowest BCUT2D eigenvalue weighted by molar-refractivity contribution is 0.0690. The van der Waals surface area contributed by atoms with Crippen LogP contribution in [0.2, 0.25) is 0 Å². The molecule has 4 nitrogen and oxygen atoms in total. The quantitative estimate of drug-likeness (QED) is 0.674. The van der Waals surface area contributed by atoms with E-state index in [0.717, 1.165) is 27.6 Å². The first-order valence-electron chi connectivity index (χ1n) is 7.44. The Bertz CT molecular complexity index is 853. The van der Waals surface area contributed by atoms with Gasteiger partial charge in [0.25, 0.3) is 0 Å². The van der Waals surface area contributed by atoms with Crippen molar-refractivity contribution in [3.05, 3.63) is 59.5 Å². The molecule has 4 N–H and O–H groups in total. The fourth-order valence-electron chi connectivity index (χ4n) is 2.79. The number of halogens is 1. The molecule has 0 atom stereocenters. The number of H-pyrrole nitrogens is 1. The van der Waals surface area contributed by atoms with Crippen molar-refractivity contribution in [1.29, 1.82) is 0 Å². The number of aryl methyl sites for hydroxylation is 1. The van der Waals surface area contributed by atoms with Gasteiger partial charge in [-0.1, -0.05) is 18.2 Å². The standard InChI is InChI=1S/C18H17FN2O2/c19-13-6-3-11(4-7-13)12-5-8-16-15(10-12)14(2-1-9-20)17(21-16)18(22)23/h3-8,10,21H,1-2,9,20H2,(H,22,23). The third-order valence-corrected chi connectivity index (χ3v) is 3.93. The van der Waals surface area contributed by atoms with Gasteiger partial charge >= 0.3 is 5.97 Å². The van der Waals surface area contributed by atoms with E-state index >= 15 is 0 Å². The van der Waals surface area contributed by atoms with E-state index in [1.54, 1.807) is 12.1 Å². The van der Waals surface area contributed by atoms with Crippen LogP contribution in [0.5, 0.6) is 0 Å². The summed E-state index contributed by atoms with van der Waals surface area (Å²) in [7, 11) is 0. The summed E-state index contributed by atoms with van der Waals surface area (Å²) in [6.07, 6.45) is 1.32. The van der Waals surface area contributed by atoms with Crippen LogP contribution in [0.25, 0.3) is 22.0 Å². The van der Waals surface area contributed by atoms with Gasteiger partial charge in [-0.3, -0.25) is 0 Å². The minimum atomic E-state index is -0.975. The van der Waals surface area contributed by atoms with E-state index in [-0.39, 0.29) is 11.5 Å². The second-order valence-electron chi connectivity index (χ2n) is 5.44. The van der Waals surface area contributed by atoms with E-state index in [0.29, 0.717) is 19.4 Å². The van der Waals surface area contributed by atoms with Crippen molar-refractivity contribution in [3.8, 4) is 11.1 Å². The zero-order valence-corrected chi connectivity index (χ0v) is 12.5. The fraction of sp³-hybridized carbons (Fsp3) is 0.167. The van der Waals surface area contributed by atoms with E-state index < -0.39 is 5.97 Å². The number of nitrogens with one attached hydrogen (secondary N) is 1. The summed E-state index contributed by atoms with van der Waals surface area (Å²) in [5, 5.41) is 10.3. The van der Waals surface area contributed by atoms with Crippen LogP contribution < -0.4 is 5.73 Å². The average Bonchev–Trinajstić information content (AvgIpc) is 2.91. The lowest BCUT2D eigenvalue weighted by Crippen LogP contribution is -2.05. The van der Waals surface area contributed by atoms with Gasteiger partial charge in [0.05, 0.1) is 0 Å². The van der Waals surface area contributed by atoms with E-state index in [9.17, 15) is 14.3 Å². The highest BCUT2D eigenvalue weighted by Gasteiger charge is 2.17. The van der Waals surface area contributed by atoms with Gasteiger partial charge in [0.2, 0.25) is 0 Å². The Morgan fingerprint density at radius 2 is 1.83 bits per heavy atom. The van der Waals surface area contributed by atoms with Crippen molar-refractivity contribution in [1.82, 2.24) is 4.98 Å². The molecule has 0 fully saturated rings. The van der Waals surface area contributed by atoms with Crippen LogP contribution in [0.1, 0.15) is 22.5 Å². The van der Waals surface area contributed by atoms with Gasteiger partial charge in [-0.2, -0.15) is 0 Å². The Labute approximate surface area is 132 Å². The van der Waals surface area contributed by atoms with Gasteiger partial charge in [-0.25, -0.2) is 9.18 Å². The third-order valence-electron chi connectivity index (χ3n) is 3.93. The zero-order valence-electron chi connectivity index (χ0n) is 12.5. The maximum absolute atomic E-state index is 13.1. The maximum Gasteiger partial charge on any atom is 0.352 e. The smallest absolute Gasteiger partial charge is 0.352 e. The number of nitrogens with two attached hydrogens (primary N) is 1. The van der Waals surface area contributed by atoms with Gasteiger partial charge in [-0.15, -0.1) is 0 Å². The molecule has 0 saturated carbocycles. The van der Waals surface area contributed by atoms with Crippen molar-refractivity contribution >= 4 is 16.9 Å². The molecule has 1 aromatic heterocycles. The molecule has 0 bridgehead atoms. The number of rotatable bonds is 5. The molecular weight excluding hydrogens is 295 g/mol. The molecule has 23 heavy (non-hydrogen) atoms. The summed E-state index contributed by atoms with van der Waals surface area (Å²) >= 11 is 0. The second-order valence-corrected chi connectivity index (χ2v) is 5.44. The first kappa shape index (κ1) is 15.2. The zero-order chi connectivity index (χ0) is 16.4. The normalized spacial score (nSPS) is 11.0. The second kappa shape index (κ2) is 6.22. The van der Waals surface area contributed by atoms with Crippen molar-refractivity contribution in [2.45, 2.75) is 12.8 Å². The number of carbonyl (C=O) groups is 1. The number of carboxylic acid groups (broad SMARTS) is 1. The third kappa shape index (κ3) is 2.96. The molecule has 0 radical (unpaired) electrons. The Hall–Kier alpha value is -2.66. The van der Waals surface area contributed by atoms with Crippen molar-refractivity contribution < 1.29 is 14.3 Å².